The van der Waals surface area contributed by atoms with E-state index >= 15 is 0 Å². The zero-order chi connectivity index (χ0) is 9.68. The van der Waals surface area contributed by atoms with Gasteiger partial charge in [-0.3, -0.25) is 0 Å². The van der Waals surface area contributed by atoms with E-state index in [9.17, 15) is 0 Å². The Hall–Kier alpha value is -0.970. The lowest BCUT2D eigenvalue weighted by atomic mass is 10.1. The second-order valence-corrected chi connectivity index (χ2v) is 3.17. The van der Waals surface area contributed by atoms with Crippen LogP contribution in [0.4, 0.5) is 0 Å². The topological polar surface area (TPSA) is 20.2 Å². The van der Waals surface area contributed by atoms with Gasteiger partial charge in [-0.2, -0.15) is 0 Å². The summed E-state index contributed by atoms with van der Waals surface area (Å²) in [5, 5.41) is 9.20. The van der Waals surface area contributed by atoms with Gasteiger partial charge in [0.05, 0.1) is 11.6 Å². The Kier molecular flexibility index (Phi) is 3.82. The number of hydrogen-bond acceptors (Lipinski definition) is 1. The van der Waals surface area contributed by atoms with Crippen molar-refractivity contribution in [3.8, 4) is 11.8 Å². The molecule has 0 spiro atoms. The molecule has 0 aliphatic carbocycles. The molecule has 1 aromatic carbocycles. The summed E-state index contributed by atoms with van der Waals surface area (Å²) in [6, 6.07) is 5.71. The highest BCUT2D eigenvalue weighted by molar-refractivity contribution is 6.31. The minimum absolute atomic E-state index is 0.0937. The summed E-state index contributed by atoms with van der Waals surface area (Å²) in [7, 11) is 0. The van der Waals surface area contributed by atoms with Crippen LogP contribution in [-0.2, 0) is 0 Å². The van der Waals surface area contributed by atoms with Crippen molar-refractivity contribution in [1.29, 1.82) is 0 Å². The third-order valence-electron chi connectivity index (χ3n) is 1.58. The van der Waals surface area contributed by atoms with Crippen molar-refractivity contribution in [3.05, 3.63) is 34.3 Å². The Morgan fingerprint density at radius 2 is 2.23 bits per heavy atom. The van der Waals surface area contributed by atoms with Crippen LogP contribution in [0.3, 0.4) is 0 Å². The molecular formula is C11H11ClO. The van der Waals surface area contributed by atoms with Crippen molar-refractivity contribution in [3.63, 3.8) is 0 Å². The molecule has 0 amide bonds. The van der Waals surface area contributed by atoms with E-state index in [1.54, 1.807) is 0 Å². The van der Waals surface area contributed by atoms with Crippen LogP contribution < -0.4 is 0 Å². The fourth-order valence-corrected chi connectivity index (χ4v) is 1.11. The molecule has 1 aromatic rings. The molecule has 0 atom stereocenters. The first kappa shape index (κ1) is 10.1. The maximum absolute atomic E-state index is 8.53. The lowest BCUT2D eigenvalue weighted by Gasteiger charge is -1.96. The molecule has 2 heteroatoms. The highest BCUT2D eigenvalue weighted by Gasteiger charge is 1.95. The van der Waals surface area contributed by atoms with Crippen molar-refractivity contribution < 1.29 is 5.11 Å². The molecule has 0 fully saturated rings. The third-order valence-corrected chi connectivity index (χ3v) is 1.91. The van der Waals surface area contributed by atoms with Crippen LogP contribution in [-0.4, -0.2) is 11.7 Å². The van der Waals surface area contributed by atoms with E-state index in [1.807, 2.05) is 25.1 Å². The summed E-state index contributed by atoms with van der Waals surface area (Å²) in [5.41, 5.74) is 1.97. The molecule has 1 rings (SSSR count). The second kappa shape index (κ2) is 4.91. The molecule has 0 aliphatic rings. The molecule has 1 N–H and O–H groups in total. The van der Waals surface area contributed by atoms with Crippen molar-refractivity contribution in [2.75, 3.05) is 6.61 Å². The number of aliphatic hydroxyl groups excluding tert-OH is 1. The van der Waals surface area contributed by atoms with Gasteiger partial charge in [-0.15, -0.1) is 0 Å². The molecule has 1 nitrogen and oxygen atoms in total. The number of halogens is 1. The van der Waals surface area contributed by atoms with Gasteiger partial charge >= 0.3 is 0 Å². The van der Waals surface area contributed by atoms with Crippen LogP contribution in [0, 0.1) is 18.8 Å². The van der Waals surface area contributed by atoms with E-state index in [1.165, 1.54) is 0 Å². The summed E-state index contributed by atoms with van der Waals surface area (Å²) in [5.74, 6) is 5.75. The standard InChI is InChI=1S/C11H11ClO/c1-9-5-6-11(12)10(8-9)4-2-3-7-13/h5-6,8,13H,3,7H2,1H3. The number of aryl methyl sites for hydroxylation is 1. The van der Waals surface area contributed by atoms with Crippen molar-refractivity contribution in [2.24, 2.45) is 0 Å². The summed E-state index contributed by atoms with van der Waals surface area (Å²) in [6.07, 6.45) is 0.490. The van der Waals surface area contributed by atoms with Crippen LogP contribution >= 0.6 is 11.6 Å². The highest BCUT2D eigenvalue weighted by atomic mass is 35.5. The van der Waals surface area contributed by atoms with E-state index in [4.69, 9.17) is 16.7 Å². The SMILES string of the molecule is Cc1ccc(Cl)c(C#CCCO)c1. The molecule has 0 aromatic heterocycles. The van der Waals surface area contributed by atoms with E-state index in [0.29, 0.717) is 11.4 Å². The summed E-state index contributed by atoms with van der Waals surface area (Å²) >= 11 is 5.91. The molecule has 0 saturated carbocycles. The smallest absolute Gasteiger partial charge is 0.0562 e. The minimum atomic E-state index is 0.0937. The molecule has 0 heterocycles. The number of aliphatic hydroxyl groups is 1. The molecule has 0 saturated heterocycles. The van der Waals surface area contributed by atoms with E-state index in [0.717, 1.165) is 11.1 Å². The van der Waals surface area contributed by atoms with Gasteiger partial charge in [-0.1, -0.05) is 29.5 Å². The van der Waals surface area contributed by atoms with Gasteiger partial charge in [-0.05, 0) is 24.6 Å². The number of benzene rings is 1. The van der Waals surface area contributed by atoms with Gasteiger partial charge in [0, 0.05) is 12.0 Å². The van der Waals surface area contributed by atoms with Crippen LogP contribution in [0.25, 0.3) is 0 Å². The van der Waals surface area contributed by atoms with Gasteiger partial charge < -0.3 is 5.11 Å². The first-order valence-electron chi connectivity index (χ1n) is 4.10. The second-order valence-electron chi connectivity index (χ2n) is 2.76. The van der Waals surface area contributed by atoms with Gasteiger partial charge in [0.2, 0.25) is 0 Å². The first-order valence-corrected chi connectivity index (χ1v) is 4.47. The lowest BCUT2D eigenvalue weighted by Crippen LogP contribution is -1.81. The summed E-state index contributed by atoms with van der Waals surface area (Å²) in [4.78, 5) is 0. The van der Waals surface area contributed by atoms with E-state index in [-0.39, 0.29) is 6.61 Å². The molecule has 0 unspecified atom stereocenters. The van der Waals surface area contributed by atoms with Crippen LogP contribution in [0.2, 0.25) is 5.02 Å². The third kappa shape index (κ3) is 3.10. The Balaban J connectivity index is 2.89. The fraction of sp³-hybridized carbons (Fsp3) is 0.273. The Morgan fingerprint density at radius 1 is 1.46 bits per heavy atom. The number of hydrogen-bond donors (Lipinski definition) is 1. The quantitative estimate of drug-likeness (QED) is 0.681. The normalized spacial score (nSPS) is 9.15. The van der Waals surface area contributed by atoms with Gasteiger partial charge in [0.15, 0.2) is 0 Å². The van der Waals surface area contributed by atoms with Gasteiger partial charge in [-0.25, -0.2) is 0 Å². The van der Waals surface area contributed by atoms with Gasteiger partial charge in [0.1, 0.15) is 0 Å². The van der Waals surface area contributed by atoms with E-state index in [2.05, 4.69) is 11.8 Å². The van der Waals surface area contributed by atoms with Crippen molar-refractivity contribution in [2.45, 2.75) is 13.3 Å². The molecular weight excluding hydrogens is 184 g/mol. The zero-order valence-electron chi connectivity index (χ0n) is 7.47. The van der Waals surface area contributed by atoms with Crippen molar-refractivity contribution in [1.82, 2.24) is 0 Å². The monoisotopic (exact) mass is 194 g/mol. The van der Waals surface area contributed by atoms with Crippen LogP contribution in [0.15, 0.2) is 18.2 Å². The molecule has 0 aliphatic heterocycles. The van der Waals surface area contributed by atoms with E-state index < -0.39 is 0 Å². The number of rotatable bonds is 1. The molecule has 68 valence electrons. The molecule has 0 radical (unpaired) electrons. The largest absolute Gasteiger partial charge is 0.395 e. The zero-order valence-corrected chi connectivity index (χ0v) is 8.23. The average Bonchev–Trinajstić information content (AvgIpc) is 2.11. The maximum Gasteiger partial charge on any atom is 0.0562 e. The van der Waals surface area contributed by atoms with Crippen molar-refractivity contribution >= 4 is 11.6 Å². The average molecular weight is 195 g/mol. The Labute approximate surface area is 83.4 Å². The van der Waals surface area contributed by atoms with Crippen LogP contribution in [0.5, 0.6) is 0 Å². The predicted molar refractivity (Wildman–Crippen MR) is 54.8 cm³/mol. The molecule has 0 bridgehead atoms. The Bertz CT molecular complexity index is 347. The fourth-order valence-electron chi connectivity index (χ4n) is 0.949. The summed E-state index contributed by atoms with van der Waals surface area (Å²) < 4.78 is 0. The minimum Gasteiger partial charge on any atom is -0.395 e. The first-order chi connectivity index (χ1) is 6.24. The highest BCUT2D eigenvalue weighted by Crippen LogP contribution is 2.15. The summed E-state index contributed by atoms with van der Waals surface area (Å²) in [6.45, 7) is 2.09. The lowest BCUT2D eigenvalue weighted by molar-refractivity contribution is 0.305. The Morgan fingerprint density at radius 3 is 2.92 bits per heavy atom. The molecule has 13 heavy (non-hydrogen) atoms. The van der Waals surface area contributed by atoms with Crippen LogP contribution in [0.1, 0.15) is 17.5 Å². The predicted octanol–water partition coefficient (Wildman–Crippen LogP) is 2.38. The van der Waals surface area contributed by atoms with Gasteiger partial charge in [0.25, 0.3) is 0 Å². The maximum atomic E-state index is 8.53.